The van der Waals surface area contributed by atoms with Gasteiger partial charge >= 0.3 is 0 Å². The van der Waals surface area contributed by atoms with Crippen LogP contribution in [0.4, 0.5) is 17.1 Å². The number of rotatable bonds is 8. The van der Waals surface area contributed by atoms with Crippen LogP contribution in [0.3, 0.4) is 0 Å². The predicted molar refractivity (Wildman–Crippen MR) is 280 cm³/mol. The summed E-state index contributed by atoms with van der Waals surface area (Å²) in [6, 6.07) is 88.9. The fourth-order valence-corrected chi connectivity index (χ4v) is 9.98. The SMILES string of the molecule is c1ccc(-c2ccc(-c3cc(N(c4ccc(-c5ccc(-c6cccc7ccccc67)cc5)cc4)c4ccc(-c5cccc6c5oc5ccccc56)cc4)c4c(c3)oc3ccccc34)cc2)cc1. The van der Waals surface area contributed by atoms with E-state index in [-0.39, 0.29) is 0 Å². The molecule has 0 spiro atoms. The van der Waals surface area contributed by atoms with E-state index in [0.717, 1.165) is 94.3 Å². The minimum Gasteiger partial charge on any atom is -0.456 e. The van der Waals surface area contributed by atoms with Gasteiger partial charge in [-0.15, -0.1) is 0 Å². The van der Waals surface area contributed by atoms with Crippen molar-refractivity contribution in [2.75, 3.05) is 4.90 Å². The zero-order chi connectivity index (χ0) is 44.3. The molecule has 3 heteroatoms. The average Bonchev–Trinajstić information content (AvgIpc) is 3.98. The normalized spacial score (nSPS) is 11.6. The Morgan fingerprint density at radius 1 is 0.269 bits per heavy atom. The van der Waals surface area contributed by atoms with E-state index in [2.05, 4.69) is 235 Å². The van der Waals surface area contributed by atoms with E-state index < -0.39 is 0 Å². The molecule has 13 aromatic rings. The molecule has 0 aliphatic rings. The van der Waals surface area contributed by atoms with Gasteiger partial charge in [-0.05, 0) is 109 Å². The molecule has 0 unspecified atom stereocenters. The van der Waals surface area contributed by atoms with Gasteiger partial charge in [0.15, 0.2) is 0 Å². The van der Waals surface area contributed by atoms with Crippen LogP contribution in [-0.2, 0) is 0 Å². The van der Waals surface area contributed by atoms with Crippen molar-refractivity contribution in [3.63, 3.8) is 0 Å². The molecule has 11 aromatic carbocycles. The lowest BCUT2D eigenvalue weighted by atomic mass is 9.96. The highest BCUT2D eigenvalue weighted by Gasteiger charge is 2.22. The maximum absolute atomic E-state index is 6.72. The van der Waals surface area contributed by atoms with Gasteiger partial charge in [-0.3, -0.25) is 0 Å². The standard InChI is InChI=1S/C64H41NO2/c1-2-12-42(13-3-1)43-24-26-46(27-25-43)50-40-59(63-58-18-7-9-23-61(58)66-62(63)41-50)65(52-38-34-49(35-39-52)55-20-11-21-57-56-17-6-8-22-60(56)67-64(55)57)51-36-32-45(33-37-51)44-28-30-48(31-29-44)54-19-10-15-47-14-4-5-16-53(47)54/h1-41H. The lowest BCUT2D eigenvalue weighted by molar-refractivity contribution is 0.669. The highest BCUT2D eigenvalue weighted by atomic mass is 16.3. The summed E-state index contributed by atoms with van der Waals surface area (Å²) in [5.74, 6) is 0. The van der Waals surface area contributed by atoms with Crippen LogP contribution in [0.1, 0.15) is 0 Å². The van der Waals surface area contributed by atoms with E-state index in [1.165, 1.54) is 33.0 Å². The lowest BCUT2D eigenvalue weighted by Crippen LogP contribution is -2.10. The van der Waals surface area contributed by atoms with Crippen LogP contribution < -0.4 is 4.90 Å². The Kier molecular flexibility index (Phi) is 9.17. The first-order chi connectivity index (χ1) is 33.2. The first-order valence-corrected chi connectivity index (χ1v) is 22.8. The van der Waals surface area contributed by atoms with Crippen molar-refractivity contribution < 1.29 is 8.83 Å². The number of furan rings is 2. The molecular weight excluding hydrogens is 815 g/mol. The number of hydrogen-bond donors (Lipinski definition) is 0. The van der Waals surface area contributed by atoms with Crippen molar-refractivity contribution in [2.45, 2.75) is 0 Å². The third kappa shape index (κ3) is 6.76. The van der Waals surface area contributed by atoms with Crippen LogP contribution >= 0.6 is 0 Å². The molecule has 0 aliphatic carbocycles. The average molecular weight is 856 g/mol. The summed E-state index contributed by atoms with van der Waals surface area (Å²) < 4.78 is 13.2. The smallest absolute Gasteiger partial charge is 0.143 e. The molecule has 0 aliphatic heterocycles. The Labute approximate surface area is 388 Å². The summed E-state index contributed by atoms with van der Waals surface area (Å²) in [6.07, 6.45) is 0. The molecule has 0 atom stereocenters. The Bertz CT molecular complexity index is 3930. The van der Waals surface area contributed by atoms with Crippen LogP contribution in [0, 0.1) is 0 Å². The summed E-state index contributed by atoms with van der Waals surface area (Å²) in [5, 5.41) is 6.87. The largest absolute Gasteiger partial charge is 0.456 e. The van der Waals surface area contributed by atoms with E-state index in [9.17, 15) is 0 Å². The van der Waals surface area contributed by atoms with Gasteiger partial charge in [0.2, 0.25) is 0 Å². The zero-order valence-electron chi connectivity index (χ0n) is 36.4. The molecule has 0 N–H and O–H groups in total. The minimum atomic E-state index is 0.835. The molecule has 0 saturated carbocycles. The van der Waals surface area contributed by atoms with Gasteiger partial charge in [-0.1, -0.05) is 200 Å². The summed E-state index contributed by atoms with van der Waals surface area (Å²) in [6.45, 7) is 0. The quantitative estimate of drug-likeness (QED) is 0.152. The molecular formula is C64H41NO2. The molecule has 2 aromatic heterocycles. The Balaban J connectivity index is 0.948. The van der Waals surface area contributed by atoms with E-state index in [1.807, 2.05) is 18.2 Å². The summed E-state index contributed by atoms with van der Waals surface area (Å²) >= 11 is 0. The third-order valence-electron chi connectivity index (χ3n) is 13.3. The topological polar surface area (TPSA) is 29.5 Å². The third-order valence-corrected chi connectivity index (χ3v) is 13.3. The molecule has 13 rings (SSSR count). The predicted octanol–water partition coefficient (Wildman–Crippen LogP) is 18.4. The molecule has 0 amide bonds. The van der Waals surface area contributed by atoms with Gasteiger partial charge in [0, 0.05) is 33.1 Å². The fraction of sp³-hybridized carbons (Fsp3) is 0. The van der Waals surface area contributed by atoms with Crippen molar-refractivity contribution in [3.05, 3.63) is 249 Å². The van der Waals surface area contributed by atoms with Gasteiger partial charge in [-0.25, -0.2) is 0 Å². The lowest BCUT2D eigenvalue weighted by Gasteiger charge is -2.27. The molecule has 314 valence electrons. The second-order valence-corrected chi connectivity index (χ2v) is 17.2. The van der Waals surface area contributed by atoms with E-state index >= 15 is 0 Å². The van der Waals surface area contributed by atoms with Crippen molar-refractivity contribution in [2.24, 2.45) is 0 Å². The van der Waals surface area contributed by atoms with Crippen LogP contribution in [0.25, 0.3) is 110 Å². The molecule has 0 radical (unpaired) electrons. The van der Waals surface area contributed by atoms with Crippen LogP contribution in [0.15, 0.2) is 258 Å². The van der Waals surface area contributed by atoms with Gasteiger partial charge < -0.3 is 13.7 Å². The van der Waals surface area contributed by atoms with Gasteiger partial charge in [0.1, 0.15) is 22.3 Å². The second kappa shape index (κ2) is 16.0. The van der Waals surface area contributed by atoms with Gasteiger partial charge in [0.05, 0.1) is 11.1 Å². The minimum absolute atomic E-state index is 0.835. The van der Waals surface area contributed by atoms with E-state index in [0.29, 0.717) is 0 Å². The van der Waals surface area contributed by atoms with Crippen LogP contribution in [-0.4, -0.2) is 0 Å². The number of anilines is 3. The highest BCUT2D eigenvalue weighted by molar-refractivity contribution is 6.15. The molecule has 67 heavy (non-hydrogen) atoms. The molecule has 0 saturated heterocycles. The number of para-hydroxylation sites is 3. The number of fused-ring (bicyclic) bond motifs is 7. The number of benzene rings is 11. The van der Waals surface area contributed by atoms with E-state index in [4.69, 9.17) is 8.83 Å². The molecule has 2 heterocycles. The van der Waals surface area contributed by atoms with Crippen molar-refractivity contribution >= 4 is 71.7 Å². The first kappa shape index (κ1) is 38.5. The van der Waals surface area contributed by atoms with Crippen molar-refractivity contribution in [1.29, 1.82) is 0 Å². The monoisotopic (exact) mass is 855 g/mol. The summed E-state index contributed by atoms with van der Waals surface area (Å²) in [4.78, 5) is 2.38. The van der Waals surface area contributed by atoms with Gasteiger partial charge in [-0.2, -0.15) is 0 Å². The summed E-state index contributed by atoms with van der Waals surface area (Å²) in [7, 11) is 0. The molecule has 0 fully saturated rings. The maximum atomic E-state index is 6.72. The van der Waals surface area contributed by atoms with Crippen LogP contribution in [0.2, 0.25) is 0 Å². The van der Waals surface area contributed by atoms with E-state index in [1.54, 1.807) is 0 Å². The molecule has 0 bridgehead atoms. The Hall–Kier alpha value is -8.92. The van der Waals surface area contributed by atoms with Crippen molar-refractivity contribution in [1.82, 2.24) is 0 Å². The second-order valence-electron chi connectivity index (χ2n) is 17.2. The Morgan fingerprint density at radius 3 is 1.43 bits per heavy atom. The maximum Gasteiger partial charge on any atom is 0.143 e. The zero-order valence-corrected chi connectivity index (χ0v) is 36.4. The number of hydrogen-bond acceptors (Lipinski definition) is 3. The molecule has 3 nitrogen and oxygen atoms in total. The van der Waals surface area contributed by atoms with Crippen LogP contribution in [0.5, 0.6) is 0 Å². The van der Waals surface area contributed by atoms with Gasteiger partial charge in [0.25, 0.3) is 0 Å². The first-order valence-electron chi connectivity index (χ1n) is 22.8. The number of nitrogens with zero attached hydrogens (tertiary/aromatic N) is 1. The highest BCUT2D eigenvalue weighted by Crippen LogP contribution is 2.46. The fourth-order valence-electron chi connectivity index (χ4n) is 9.98. The summed E-state index contributed by atoms with van der Waals surface area (Å²) in [5.41, 5.74) is 18.0. The van der Waals surface area contributed by atoms with Crippen molar-refractivity contribution in [3.8, 4) is 55.6 Å². The Morgan fingerprint density at radius 2 is 0.731 bits per heavy atom.